The van der Waals surface area contributed by atoms with E-state index < -0.39 is 0 Å². The summed E-state index contributed by atoms with van der Waals surface area (Å²) in [5.74, 6) is 1.05. The molecule has 3 heterocycles. The number of aromatic nitrogens is 2. The van der Waals surface area contributed by atoms with Crippen molar-refractivity contribution in [3.63, 3.8) is 0 Å². The predicted octanol–water partition coefficient (Wildman–Crippen LogP) is 2.65. The Labute approximate surface area is 153 Å². The van der Waals surface area contributed by atoms with Crippen LogP contribution in [0.25, 0.3) is 11.4 Å². The van der Waals surface area contributed by atoms with Crippen molar-refractivity contribution in [1.82, 2.24) is 20.4 Å². The van der Waals surface area contributed by atoms with E-state index in [2.05, 4.69) is 15.5 Å². The molecule has 1 saturated heterocycles. The van der Waals surface area contributed by atoms with Crippen molar-refractivity contribution in [3.05, 3.63) is 58.4 Å². The molecular formula is C18H17FN4O2S. The van der Waals surface area contributed by atoms with E-state index in [1.54, 1.807) is 23.5 Å². The number of hydrogen-bond acceptors (Lipinski definition) is 6. The van der Waals surface area contributed by atoms with Gasteiger partial charge in [-0.25, -0.2) is 4.39 Å². The molecule has 2 aromatic heterocycles. The Morgan fingerprint density at radius 3 is 2.85 bits per heavy atom. The van der Waals surface area contributed by atoms with Gasteiger partial charge in [-0.05, 0) is 29.1 Å². The van der Waals surface area contributed by atoms with Crippen molar-refractivity contribution in [2.75, 3.05) is 19.6 Å². The van der Waals surface area contributed by atoms with Gasteiger partial charge >= 0.3 is 0 Å². The van der Waals surface area contributed by atoms with Gasteiger partial charge in [-0.3, -0.25) is 9.69 Å². The molecule has 1 N–H and O–H groups in total. The van der Waals surface area contributed by atoms with Crippen LogP contribution < -0.4 is 5.32 Å². The van der Waals surface area contributed by atoms with Crippen LogP contribution in [0.15, 0.2) is 45.6 Å². The van der Waals surface area contributed by atoms with E-state index in [9.17, 15) is 9.18 Å². The summed E-state index contributed by atoms with van der Waals surface area (Å²) < 4.78 is 18.2. The Bertz CT molecular complexity index is 873. The van der Waals surface area contributed by atoms with Gasteiger partial charge in [0.2, 0.25) is 17.6 Å². The molecule has 0 atom stereocenters. The summed E-state index contributed by atoms with van der Waals surface area (Å²) in [7, 11) is 0. The van der Waals surface area contributed by atoms with Crippen molar-refractivity contribution in [2.45, 2.75) is 12.5 Å². The molecule has 3 aromatic rings. The lowest BCUT2D eigenvalue weighted by Crippen LogP contribution is -2.49. The van der Waals surface area contributed by atoms with Crippen LogP contribution in [0.5, 0.6) is 0 Å². The lowest BCUT2D eigenvalue weighted by atomic mass is 10.0. The number of halogens is 1. The topological polar surface area (TPSA) is 71.3 Å². The molecule has 6 nitrogen and oxygen atoms in total. The number of benzene rings is 1. The third kappa shape index (κ3) is 3.81. The molecular weight excluding hydrogens is 355 g/mol. The third-order valence-corrected chi connectivity index (χ3v) is 4.98. The smallest absolute Gasteiger partial charge is 0.234 e. The second-order valence-corrected chi connectivity index (χ2v) is 7.04. The average molecular weight is 372 g/mol. The zero-order chi connectivity index (χ0) is 17.9. The third-order valence-electron chi connectivity index (χ3n) is 4.30. The van der Waals surface area contributed by atoms with Crippen LogP contribution >= 0.6 is 11.3 Å². The fourth-order valence-electron chi connectivity index (χ4n) is 2.83. The number of carbonyl (C=O) groups is 1. The van der Waals surface area contributed by atoms with Gasteiger partial charge in [0.1, 0.15) is 5.82 Å². The van der Waals surface area contributed by atoms with Crippen molar-refractivity contribution in [1.29, 1.82) is 0 Å². The quantitative estimate of drug-likeness (QED) is 0.720. The lowest BCUT2D eigenvalue weighted by molar-refractivity contribution is -0.123. The van der Waals surface area contributed by atoms with E-state index in [0.717, 1.165) is 24.2 Å². The van der Waals surface area contributed by atoms with E-state index in [-0.39, 0.29) is 17.6 Å². The van der Waals surface area contributed by atoms with Crippen molar-refractivity contribution >= 4 is 17.2 Å². The van der Waals surface area contributed by atoms with Crippen molar-refractivity contribution in [3.8, 4) is 11.4 Å². The molecule has 1 amide bonds. The fraction of sp³-hybridized carbons (Fsp3) is 0.278. The Morgan fingerprint density at radius 1 is 1.31 bits per heavy atom. The summed E-state index contributed by atoms with van der Waals surface area (Å²) in [6, 6.07) is 8.05. The number of thiophene rings is 1. The maximum Gasteiger partial charge on any atom is 0.234 e. The number of hydrogen-bond donors (Lipinski definition) is 1. The highest BCUT2D eigenvalue weighted by Crippen LogP contribution is 2.27. The summed E-state index contributed by atoms with van der Waals surface area (Å²) in [5, 5.41) is 10.8. The molecule has 1 aliphatic heterocycles. The van der Waals surface area contributed by atoms with Crippen LogP contribution in [0.2, 0.25) is 0 Å². The van der Waals surface area contributed by atoms with Crippen LogP contribution in [-0.4, -0.2) is 40.6 Å². The minimum Gasteiger partial charge on any atom is -0.351 e. The number of rotatable bonds is 6. The second-order valence-electron chi connectivity index (χ2n) is 6.26. The number of nitrogens with zero attached hydrogens (tertiary/aromatic N) is 3. The first-order valence-electron chi connectivity index (χ1n) is 8.27. The molecule has 134 valence electrons. The SMILES string of the molecule is O=C(CN1CC(c2nc(-c3ccsc3)no2)C1)NCc1ccc(F)cc1. The molecule has 1 fully saturated rings. The number of nitrogens with one attached hydrogen (secondary N) is 1. The molecule has 1 aromatic carbocycles. The second kappa shape index (κ2) is 7.35. The Morgan fingerprint density at radius 2 is 2.12 bits per heavy atom. The monoisotopic (exact) mass is 372 g/mol. The van der Waals surface area contributed by atoms with Gasteiger partial charge in [0.15, 0.2) is 0 Å². The van der Waals surface area contributed by atoms with E-state index in [1.165, 1.54) is 12.1 Å². The van der Waals surface area contributed by atoms with Gasteiger partial charge in [0.25, 0.3) is 0 Å². The van der Waals surface area contributed by atoms with Crippen LogP contribution in [-0.2, 0) is 11.3 Å². The molecule has 8 heteroatoms. The highest BCUT2D eigenvalue weighted by atomic mass is 32.1. The Kier molecular flexibility index (Phi) is 4.77. The van der Waals surface area contributed by atoms with Crippen LogP contribution in [0.3, 0.4) is 0 Å². The molecule has 0 bridgehead atoms. The highest BCUT2D eigenvalue weighted by molar-refractivity contribution is 7.08. The van der Waals surface area contributed by atoms with Crippen LogP contribution in [0.1, 0.15) is 17.4 Å². The first-order chi connectivity index (χ1) is 12.7. The molecule has 0 spiro atoms. The maximum atomic E-state index is 12.9. The van der Waals surface area contributed by atoms with Gasteiger partial charge < -0.3 is 9.84 Å². The number of likely N-dealkylation sites (tertiary alicyclic amines) is 1. The lowest BCUT2D eigenvalue weighted by Gasteiger charge is -2.36. The highest BCUT2D eigenvalue weighted by Gasteiger charge is 2.33. The molecule has 26 heavy (non-hydrogen) atoms. The van der Waals surface area contributed by atoms with Gasteiger partial charge in [0.05, 0.1) is 12.5 Å². The molecule has 0 unspecified atom stereocenters. The molecule has 0 saturated carbocycles. The fourth-order valence-corrected chi connectivity index (χ4v) is 3.46. The first-order valence-corrected chi connectivity index (χ1v) is 9.21. The standard InChI is InChI=1S/C18H17FN4O2S/c19-15-3-1-12(2-4-15)7-20-16(24)10-23-8-14(9-23)18-21-17(22-25-18)13-5-6-26-11-13/h1-6,11,14H,7-10H2,(H,20,24). The molecule has 1 aliphatic rings. The van der Waals surface area contributed by atoms with Crippen LogP contribution in [0, 0.1) is 5.82 Å². The number of amides is 1. The Hall–Kier alpha value is -2.58. The van der Waals surface area contributed by atoms with Crippen LogP contribution in [0.4, 0.5) is 4.39 Å². The van der Waals surface area contributed by atoms with E-state index in [0.29, 0.717) is 24.8 Å². The first kappa shape index (κ1) is 16.9. The largest absolute Gasteiger partial charge is 0.351 e. The average Bonchev–Trinajstić information content (AvgIpc) is 3.28. The maximum absolute atomic E-state index is 12.9. The van der Waals surface area contributed by atoms with Gasteiger partial charge in [-0.15, -0.1) is 0 Å². The van der Waals surface area contributed by atoms with E-state index in [1.807, 2.05) is 21.7 Å². The molecule has 0 aliphatic carbocycles. The van der Waals surface area contributed by atoms with Crippen molar-refractivity contribution < 1.29 is 13.7 Å². The number of carbonyl (C=O) groups excluding carboxylic acids is 1. The zero-order valence-corrected chi connectivity index (χ0v) is 14.7. The Balaban J connectivity index is 1.22. The van der Waals surface area contributed by atoms with Gasteiger partial charge in [-0.2, -0.15) is 16.3 Å². The van der Waals surface area contributed by atoms with E-state index in [4.69, 9.17) is 4.52 Å². The predicted molar refractivity (Wildman–Crippen MR) is 95.0 cm³/mol. The minimum atomic E-state index is -0.283. The van der Waals surface area contributed by atoms with Crippen molar-refractivity contribution in [2.24, 2.45) is 0 Å². The van der Waals surface area contributed by atoms with Gasteiger partial charge in [0, 0.05) is 30.6 Å². The summed E-state index contributed by atoms with van der Waals surface area (Å²) in [5.41, 5.74) is 1.83. The normalized spacial score (nSPS) is 15.0. The van der Waals surface area contributed by atoms with E-state index >= 15 is 0 Å². The summed E-state index contributed by atoms with van der Waals surface area (Å²) in [4.78, 5) is 18.5. The molecule has 0 radical (unpaired) electrons. The summed E-state index contributed by atoms with van der Waals surface area (Å²) in [6.07, 6.45) is 0. The summed E-state index contributed by atoms with van der Waals surface area (Å²) in [6.45, 7) is 2.15. The zero-order valence-electron chi connectivity index (χ0n) is 13.9. The van der Waals surface area contributed by atoms with Gasteiger partial charge in [-0.1, -0.05) is 17.3 Å². The molecule has 4 rings (SSSR count). The minimum absolute atomic E-state index is 0.0581. The summed E-state index contributed by atoms with van der Waals surface area (Å²) >= 11 is 1.59.